The third kappa shape index (κ3) is 2.38. The largest absolute Gasteiger partial charge is 0.496 e. The summed E-state index contributed by atoms with van der Waals surface area (Å²) in [5.41, 5.74) is 3.68. The van der Waals surface area contributed by atoms with Crippen LogP contribution in [0.2, 0.25) is 0 Å². The molecule has 3 heterocycles. The standard InChI is InChI=1S/C18H19N3O2/c1-23-15-10-12(11-21-7-2-3-8-21)9-14-16(15)17-13(18(22)20-14)5-4-6-19-17/h2-3,7-10,19H,4-6,11H2,1H3,(H,20,22). The van der Waals surface area contributed by atoms with E-state index in [1.165, 1.54) is 0 Å². The lowest BCUT2D eigenvalue weighted by Gasteiger charge is -2.21. The Morgan fingerprint density at radius 3 is 2.87 bits per heavy atom. The maximum absolute atomic E-state index is 12.4. The molecular weight excluding hydrogens is 290 g/mol. The van der Waals surface area contributed by atoms with Gasteiger partial charge in [0.05, 0.1) is 23.7 Å². The molecule has 1 aliphatic rings. The van der Waals surface area contributed by atoms with Gasteiger partial charge in [0.15, 0.2) is 0 Å². The lowest BCUT2D eigenvalue weighted by molar-refractivity contribution is 0.419. The van der Waals surface area contributed by atoms with E-state index in [0.29, 0.717) is 0 Å². The Balaban J connectivity index is 1.92. The summed E-state index contributed by atoms with van der Waals surface area (Å²) >= 11 is 0. The number of rotatable bonds is 3. The second kappa shape index (κ2) is 5.50. The normalized spacial score (nSPS) is 13.6. The Morgan fingerprint density at radius 2 is 2.09 bits per heavy atom. The molecule has 3 aromatic rings. The second-order valence-electron chi connectivity index (χ2n) is 5.91. The summed E-state index contributed by atoms with van der Waals surface area (Å²) in [6, 6.07) is 8.09. The van der Waals surface area contributed by atoms with Gasteiger partial charge in [-0.05, 0) is 42.7 Å². The van der Waals surface area contributed by atoms with Crippen molar-refractivity contribution >= 4 is 16.6 Å². The van der Waals surface area contributed by atoms with Crippen LogP contribution in [-0.2, 0) is 13.0 Å². The molecule has 0 amide bonds. The van der Waals surface area contributed by atoms with Crippen LogP contribution >= 0.6 is 0 Å². The van der Waals surface area contributed by atoms with Gasteiger partial charge >= 0.3 is 0 Å². The zero-order valence-corrected chi connectivity index (χ0v) is 13.1. The Hall–Kier alpha value is -2.69. The molecule has 0 spiro atoms. The van der Waals surface area contributed by atoms with Crippen LogP contribution in [0.1, 0.15) is 17.5 Å². The summed E-state index contributed by atoms with van der Waals surface area (Å²) in [7, 11) is 1.68. The molecule has 0 saturated heterocycles. The van der Waals surface area contributed by atoms with Gasteiger partial charge in [-0.2, -0.15) is 0 Å². The number of fused-ring (bicyclic) bond motifs is 3. The molecule has 5 heteroatoms. The number of aromatic amines is 1. The highest BCUT2D eigenvalue weighted by Gasteiger charge is 2.19. The number of methoxy groups -OCH3 is 1. The van der Waals surface area contributed by atoms with E-state index in [4.69, 9.17) is 4.74 Å². The molecule has 23 heavy (non-hydrogen) atoms. The van der Waals surface area contributed by atoms with Gasteiger partial charge in [0.25, 0.3) is 5.56 Å². The first-order valence-corrected chi connectivity index (χ1v) is 7.86. The van der Waals surface area contributed by atoms with Crippen molar-refractivity contribution in [3.8, 4) is 5.75 Å². The van der Waals surface area contributed by atoms with Gasteiger partial charge in [-0.3, -0.25) is 4.79 Å². The molecule has 0 saturated carbocycles. The van der Waals surface area contributed by atoms with Gasteiger partial charge in [-0.1, -0.05) is 0 Å². The molecule has 0 radical (unpaired) electrons. The maximum Gasteiger partial charge on any atom is 0.253 e. The molecule has 1 aliphatic heterocycles. The Bertz CT molecular complexity index is 910. The molecule has 0 unspecified atom stereocenters. The average Bonchev–Trinajstić information content (AvgIpc) is 3.07. The minimum Gasteiger partial charge on any atom is -0.496 e. The van der Waals surface area contributed by atoms with E-state index in [-0.39, 0.29) is 5.56 Å². The quantitative estimate of drug-likeness (QED) is 0.782. The molecule has 0 bridgehead atoms. The third-order valence-electron chi connectivity index (χ3n) is 4.39. The topological polar surface area (TPSA) is 59.0 Å². The average molecular weight is 309 g/mol. The summed E-state index contributed by atoms with van der Waals surface area (Å²) in [5, 5.41) is 4.35. The second-order valence-corrected chi connectivity index (χ2v) is 5.91. The number of anilines is 1. The number of hydrogen-bond acceptors (Lipinski definition) is 3. The summed E-state index contributed by atoms with van der Waals surface area (Å²) in [5.74, 6) is 0.798. The SMILES string of the molecule is COc1cc(Cn2cccc2)cc2[nH]c(=O)c3c(c12)NCCC3. The maximum atomic E-state index is 12.4. The zero-order valence-electron chi connectivity index (χ0n) is 13.1. The highest BCUT2D eigenvalue weighted by molar-refractivity contribution is 5.98. The first-order valence-electron chi connectivity index (χ1n) is 7.86. The van der Waals surface area contributed by atoms with Crippen LogP contribution in [0.15, 0.2) is 41.5 Å². The van der Waals surface area contributed by atoms with E-state index < -0.39 is 0 Å². The number of ether oxygens (including phenoxy) is 1. The number of hydrogen-bond donors (Lipinski definition) is 2. The highest BCUT2D eigenvalue weighted by atomic mass is 16.5. The molecule has 2 aromatic heterocycles. The van der Waals surface area contributed by atoms with Gasteiger partial charge in [0.1, 0.15) is 5.75 Å². The lowest BCUT2D eigenvalue weighted by atomic mass is 10.00. The minimum atomic E-state index is -0.000123. The molecule has 1 aromatic carbocycles. The van der Waals surface area contributed by atoms with E-state index in [9.17, 15) is 4.79 Å². The van der Waals surface area contributed by atoms with Crippen LogP contribution in [0.4, 0.5) is 5.69 Å². The van der Waals surface area contributed by atoms with Gasteiger partial charge in [-0.15, -0.1) is 0 Å². The summed E-state index contributed by atoms with van der Waals surface area (Å²) < 4.78 is 7.71. The lowest BCUT2D eigenvalue weighted by Crippen LogP contribution is -2.22. The van der Waals surface area contributed by atoms with Crippen molar-refractivity contribution in [2.24, 2.45) is 0 Å². The van der Waals surface area contributed by atoms with Crippen LogP contribution in [-0.4, -0.2) is 23.2 Å². The number of H-pyrrole nitrogens is 1. The Morgan fingerprint density at radius 1 is 1.26 bits per heavy atom. The molecule has 0 aliphatic carbocycles. The summed E-state index contributed by atoms with van der Waals surface area (Å²) in [4.78, 5) is 15.4. The molecule has 118 valence electrons. The number of pyridine rings is 1. The van der Waals surface area contributed by atoms with Gasteiger partial charge in [0, 0.05) is 31.0 Å². The highest BCUT2D eigenvalue weighted by Crippen LogP contribution is 2.35. The smallest absolute Gasteiger partial charge is 0.253 e. The van der Waals surface area contributed by atoms with Crippen LogP contribution in [0.25, 0.3) is 10.9 Å². The van der Waals surface area contributed by atoms with Crippen LogP contribution < -0.4 is 15.6 Å². The van der Waals surface area contributed by atoms with Crippen molar-refractivity contribution < 1.29 is 4.74 Å². The zero-order chi connectivity index (χ0) is 15.8. The molecule has 0 atom stereocenters. The first-order chi connectivity index (χ1) is 11.3. The minimum absolute atomic E-state index is 0.000123. The van der Waals surface area contributed by atoms with Gasteiger partial charge in [-0.25, -0.2) is 0 Å². The van der Waals surface area contributed by atoms with E-state index >= 15 is 0 Å². The fraction of sp³-hybridized carbons (Fsp3) is 0.278. The van der Waals surface area contributed by atoms with Gasteiger partial charge in [0.2, 0.25) is 0 Å². The first kappa shape index (κ1) is 13.9. The van der Waals surface area contributed by atoms with E-state index in [1.807, 2.05) is 30.6 Å². The van der Waals surface area contributed by atoms with E-state index in [1.54, 1.807) is 7.11 Å². The van der Waals surface area contributed by atoms with Gasteiger partial charge < -0.3 is 19.6 Å². The van der Waals surface area contributed by atoms with Crippen LogP contribution in [0, 0.1) is 0 Å². The summed E-state index contributed by atoms with van der Waals surface area (Å²) in [6.45, 7) is 1.63. The third-order valence-corrected chi connectivity index (χ3v) is 4.39. The number of nitrogens with one attached hydrogen (secondary N) is 2. The molecule has 5 nitrogen and oxygen atoms in total. The van der Waals surface area contributed by atoms with Crippen LogP contribution in [0.3, 0.4) is 0 Å². The fourth-order valence-corrected chi connectivity index (χ4v) is 3.34. The number of aromatic nitrogens is 2. The molecular formula is C18H19N3O2. The van der Waals surface area contributed by atoms with Crippen molar-refractivity contribution in [3.05, 3.63) is 58.1 Å². The molecule has 2 N–H and O–H groups in total. The Labute approximate surface area is 133 Å². The monoisotopic (exact) mass is 309 g/mol. The predicted octanol–water partition coefficient (Wildman–Crippen LogP) is 2.74. The molecule has 4 rings (SSSR count). The van der Waals surface area contributed by atoms with E-state index in [2.05, 4.69) is 20.9 Å². The van der Waals surface area contributed by atoms with E-state index in [0.717, 1.165) is 59.4 Å². The van der Waals surface area contributed by atoms with Crippen molar-refractivity contribution in [1.82, 2.24) is 9.55 Å². The predicted molar refractivity (Wildman–Crippen MR) is 91.5 cm³/mol. The fourth-order valence-electron chi connectivity index (χ4n) is 3.34. The van der Waals surface area contributed by atoms with Crippen molar-refractivity contribution in [3.63, 3.8) is 0 Å². The van der Waals surface area contributed by atoms with Crippen molar-refractivity contribution in [2.75, 3.05) is 19.0 Å². The summed E-state index contributed by atoms with van der Waals surface area (Å²) in [6.07, 6.45) is 5.83. The number of benzene rings is 1. The van der Waals surface area contributed by atoms with Crippen LogP contribution in [0.5, 0.6) is 5.75 Å². The number of nitrogens with zero attached hydrogens (tertiary/aromatic N) is 1. The van der Waals surface area contributed by atoms with Crippen molar-refractivity contribution in [1.29, 1.82) is 0 Å². The van der Waals surface area contributed by atoms with Crippen molar-refractivity contribution in [2.45, 2.75) is 19.4 Å². The Kier molecular flexibility index (Phi) is 3.33. The molecule has 0 fully saturated rings.